The summed E-state index contributed by atoms with van der Waals surface area (Å²) in [5.74, 6) is 0.220. The number of hydrogen-bond acceptors (Lipinski definition) is 3. The number of ether oxygens (including phenoxy) is 1. The summed E-state index contributed by atoms with van der Waals surface area (Å²) in [5, 5.41) is 3.01. The third kappa shape index (κ3) is 4.59. The summed E-state index contributed by atoms with van der Waals surface area (Å²) in [6.07, 6.45) is 9.44. The summed E-state index contributed by atoms with van der Waals surface area (Å²) in [5.41, 5.74) is 2.51. The molecule has 1 saturated carbocycles. The Morgan fingerprint density at radius 2 is 1.88 bits per heavy atom. The minimum atomic E-state index is -0.249. The number of aryl methyl sites for hydroxylation is 1. The van der Waals surface area contributed by atoms with Crippen LogP contribution in [0.5, 0.6) is 0 Å². The minimum absolute atomic E-state index is 0.0413. The van der Waals surface area contributed by atoms with E-state index in [-0.39, 0.29) is 24.5 Å². The molecule has 1 unspecified atom stereocenters. The van der Waals surface area contributed by atoms with Gasteiger partial charge in [0.25, 0.3) is 5.91 Å². The molecule has 1 atom stereocenters. The monoisotopic (exact) mass is 329 g/mol. The second-order valence-corrected chi connectivity index (χ2v) is 7.06. The van der Waals surface area contributed by atoms with Crippen LogP contribution in [0.15, 0.2) is 24.3 Å². The number of rotatable bonds is 6. The molecule has 1 aromatic carbocycles. The zero-order valence-corrected chi connectivity index (χ0v) is 14.3. The van der Waals surface area contributed by atoms with E-state index in [4.69, 9.17) is 4.74 Å². The summed E-state index contributed by atoms with van der Waals surface area (Å²) in [6.45, 7) is -0.165. The Balaban J connectivity index is 1.40. The Bertz CT molecular complexity index is 578. The molecule has 0 aromatic heterocycles. The standard InChI is InChI=1S/C20H27NO3/c22-19(14-24-20(23)13-12-15-6-1-2-7-15)21-18-11-5-9-16-8-3-4-10-17(16)18/h3-4,8,10,15,18H,1-2,5-7,9,11-14H2,(H,21,22). The van der Waals surface area contributed by atoms with E-state index in [9.17, 15) is 9.59 Å². The highest BCUT2D eigenvalue weighted by Gasteiger charge is 2.22. The molecule has 2 aliphatic carbocycles. The van der Waals surface area contributed by atoms with E-state index in [0.29, 0.717) is 12.3 Å². The molecule has 0 aliphatic heterocycles. The molecule has 130 valence electrons. The van der Waals surface area contributed by atoms with Gasteiger partial charge in [0.05, 0.1) is 6.04 Å². The minimum Gasteiger partial charge on any atom is -0.456 e. The Morgan fingerprint density at radius 1 is 1.08 bits per heavy atom. The summed E-state index contributed by atoms with van der Waals surface area (Å²) >= 11 is 0. The third-order valence-corrected chi connectivity index (χ3v) is 5.30. The fourth-order valence-corrected chi connectivity index (χ4v) is 3.98. The predicted octanol–water partition coefficient (Wildman–Crippen LogP) is 3.69. The van der Waals surface area contributed by atoms with Gasteiger partial charge in [-0.1, -0.05) is 49.9 Å². The van der Waals surface area contributed by atoms with Crippen LogP contribution < -0.4 is 5.32 Å². The van der Waals surface area contributed by atoms with E-state index in [1.54, 1.807) is 0 Å². The maximum atomic E-state index is 12.1. The Hall–Kier alpha value is -1.84. The fraction of sp³-hybridized carbons (Fsp3) is 0.600. The van der Waals surface area contributed by atoms with Gasteiger partial charge in [-0.2, -0.15) is 0 Å². The van der Waals surface area contributed by atoms with Crippen molar-refractivity contribution in [3.63, 3.8) is 0 Å². The number of carbonyl (C=O) groups excluding carboxylic acids is 2. The number of carbonyl (C=O) groups is 2. The highest BCUT2D eigenvalue weighted by Crippen LogP contribution is 2.30. The molecule has 24 heavy (non-hydrogen) atoms. The quantitative estimate of drug-likeness (QED) is 0.810. The summed E-state index contributed by atoms with van der Waals surface area (Å²) in [7, 11) is 0. The number of fused-ring (bicyclic) bond motifs is 1. The van der Waals surface area contributed by atoms with Crippen LogP contribution in [0, 0.1) is 5.92 Å². The van der Waals surface area contributed by atoms with Crippen LogP contribution in [-0.2, 0) is 20.7 Å². The highest BCUT2D eigenvalue weighted by molar-refractivity contribution is 5.80. The van der Waals surface area contributed by atoms with Crippen molar-refractivity contribution in [2.75, 3.05) is 6.61 Å². The van der Waals surface area contributed by atoms with Crippen LogP contribution in [0.4, 0.5) is 0 Å². The Labute approximate surface area is 144 Å². The summed E-state index contributed by atoms with van der Waals surface area (Å²) in [6, 6.07) is 8.28. The maximum absolute atomic E-state index is 12.1. The van der Waals surface area contributed by atoms with Crippen molar-refractivity contribution >= 4 is 11.9 Å². The van der Waals surface area contributed by atoms with Crippen molar-refractivity contribution in [3.05, 3.63) is 35.4 Å². The number of nitrogens with one attached hydrogen (secondary N) is 1. The van der Waals surface area contributed by atoms with E-state index >= 15 is 0 Å². The summed E-state index contributed by atoms with van der Waals surface area (Å²) in [4.78, 5) is 23.9. The molecule has 0 bridgehead atoms. The lowest BCUT2D eigenvalue weighted by atomic mass is 9.88. The largest absolute Gasteiger partial charge is 0.456 e. The van der Waals surface area contributed by atoms with Crippen LogP contribution in [0.1, 0.15) is 68.5 Å². The van der Waals surface area contributed by atoms with Gasteiger partial charge in [-0.05, 0) is 42.7 Å². The van der Waals surface area contributed by atoms with Crippen LogP contribution in [0.3, 0.4) is 0 Å². The van der Waals surface area contributed by atoms with Crippen LogP contribution in [-0.4, -0.2) is 18.5 Å². The molecule has 1 aromatic rings. The first kappa shape index (κ1) is 17.0. The topological polar surface area (TPSA) is 55.4 Å². The Morgan fingerprint density at radius 3 is 2.71 bits per heavy atom. The van der Waals surface area contributed by atoms with E-state index in [1.807, 2.05) is 12.1 Å². The molecule has 4 nitrogen and oxygen atoms in total. The smallest absolute Gasteiger partial charge is 0.306 e. The van der Waals surface area contributed by atoms with Crippen LogP contribution >= 0.6 is 0 Å². The number of hydrogen-bond donors (Lipinski definition) is 1. The molecular weight excluding hydrogens is 302 g/mol. The van der Waals surface area contributed by atoms with Crippen molar-refractivity contribution in [3.8, 4) is 0 Å². The molecule has 1 amide bonds. The average molecular weight is 329 g/mol. The molecule has 2 aliphatic rings. The second kappa shape index (κ2) is 8.32. The molecule has 0 spiro atoms. The van der Waals surface area contributed by atoms with E-state index in [2.05, 4.69) is 17.4 Å². The third-order valence-electron chi connectivity index (χ3n) is 5.30. The van der Waals surface area contributed by atoms with Gasteiger partial charge < -0.3 is 10.1 Å². The fourth-order valence-electron chi connectivity index (χ4n) is 3.98. The van der Waals surface area contributed by atoms with Crippen molar-refractivity contribution in [2.24, 2.45) is 5.92 Å². The zero-order chi connectivity index (χ0) is 16.8. The van der Waals surface area contributed by atoms with Gasteiger partial charge in [-0.3, -0.25) is 9.59 Å². The first-order chi connectivity index (χ1) is 11.7. The molecule has 0 radical (unpaired) electrons. The lowest BCUT2D eigenvalue weighted by Crippen LogP contribution is -2.34. The van der Waals surface area contributed by atoms with Gasteiger partial charge in [0.15, 0.2) is 6.61 Å². The molecular formula is C20H27NO3. The molecule has 1 fully saturated rings. The molecule has 3 rings (SSSR count). The van der Waals surface area contributed by atoms with Gasteiger partial charge in [0.1, 0.15) is 0 Å². The number of esters is 1. The van der Waals surface area contributed by atoms with Gasteiger partial charge >= 0.3 is 5.97 Å². The van der Waals surface area contributed by atoms with Gasteiger partial charge in [-0.25, -0.2) is 0 Å². The van der Waals surface area contributed by atoms with Crippen LogP contribution in [0.25, 0.3) is 0 Å². The normalized spacial score (nSPS) is 20.4. The lowest BCUT2D eigenvalue weighted by molar-refractivity contribution is -0.149. The van der Waals surface area contributed by atoms with Crippen molar-refractivity contribution in [1.29, 1.82) is 0 Å². The van der Waals surface area contributed by atoms with Crippen molar-refractivity contribution in [1.82, 2.24) is 5.32 Å². The van der Waals surface area contributed by atoms with E-state index in [0.717, 1.165) is 25.7 Å². The summed E-state index contributed by atoms with van der Waals surface area (Å²) < 4.78 is 5.14. The van der Waals surface area contributed by atoms with Gasteiger partial charge in [0.2, 0.25) is 0 Å². The maximum Gasteiger partial charge on any atom is 0.306 e. The van der Waals surface area contributed by atoms with E-state index < -0.39 is 0 Å². The van der Waals surface area contributed by atoms with Crippen molar-refractivity contribution < 1.29 is 14.3 Å². The second-order valence-electron chi connectivity index (χ2n) is 7.06. The van der Waals surface area contributed by atoms with Gasteiger partial charge in [-0.15, -0.1) is 0 Å². The first-order valence-corrected chi connectivity index (χ1v) is 9.25. The molecule has 1 N–H and O–H groups in total. The van der Waals surface area contributed by atoms with E-state index in [1.165, 1.54) is 36.8 Å². The van der Waals surface area contributed by atoms with Gasteiger partial charge in [0, 0.05) is 6.42 Å². The molecule has 0 heterocycles. The Kier molecular flexibility index (Phi) is 5.89. The SMILES string of the molecule is O=C(COC(=O)CCC1CCCC1)NC1CCCc2ccccc21. The highest BCUT2D eigenvalue weighted by atomic mass is 16.5. The number of benzene rings is 1. The predicted molar refractivity (Wildman–Crippen MR) is 92.4 cm³/mol. The average Bonchev–Trinajstić information content (AvgIpc) is 3.12. The van der Waals surface area contributed by atoms with Crippen LogP contribution in [0.2, 0.25) is 0 Å². The first-order valence-electron chi connectivity index (χ1n) is 9.25. The van der Waals surface area contributed by atoms with Crippen molar-refractivity contribution in [2.45, 2.75) is 63.8 Å². The molecule has 4 heteroatoms. The zero-order valence-electron chi connectivity index (χ0n) is 14.3. The number of amides is 1. The molecule has 0 saturated heterocycles. The lowest BCUT2D eigenvalue weighted by Gasteiger charge is -2.26.